The average Bonchev–Trinajstić information content (AvgIpc) is 2.41. The highest BCUT2D eigenvalue weighted by atomic mass is 35.5. The number of halogens is 1. The van der Waals surface area contributed by atoms with Gasteiger partial charge in [0.25, 0.3) is 0 Å². The van der Waals surface area contributed by atoms with E-state index in [0.29, 0.717) is 0 Å². The zero-order chi connectivity index (χ0) is 13.8. The quantitative estimate of drug-likeness (QED) is 0.930. The lowest BCUT2D eigenvalue weighted by Crippen LogP contribution is -2.18. The highest BCUT2D eigenvalue weighted by Gasteiger charge is 2.07. The first-order valence-corrected chi connectivity index (χ1v) is 6.62. The minimum atomic E-state index is 0.00965. The van der Waals surface area contributed by atoms with E-state index in [9.17, 15) is 0 Å². The Balaban J connectivity index is 2.12. The van der Waals surface area contributed by atoms with Gasteiger partial charge in [-0.2, -0.15) is 0 Å². The van der Waals surface area contributed by atoms with Crippen molar-refractivity contribution in [2.75, 3.05) is 11.9 Å². The molecule has 4 heteroatoms. The number of hydrogen-bond acceptors (Lipinski definition) is 3. The van der Waals surface area contributed by atoms with Crippen molar-refractivity contribution < 1.29 is 0 Å². The molecule has 2 aromatic rings. The topological polar surface area (TPSA) is 42.1 Å². The Hall–Kier alpha value is -1.58. The Morgan fingerprint density at radius 3 is 2.58 bits per heavy atom. The summed E-state index contributed by atoms with van der Waals surface area (Å²) in [5.41, 5.74) is 7.94. The molecule has 0 saturated carbocycles. The fraction of sp³-hybridized carbons (Fsp3) is 0.267. The molecule has 0 bridgehead atoms. The molecule has 1 atom stereocenters. The Morgan fingerprint density at radius 1 is 1.26 bits per heavy atom. The summed E-state index contributed by atoms with van der Waals surface area (Å²) in [6, 6.07) is 11.8. The summed E-state index contributed by atoms with van der Waals surface area (Å²) >= 11 is 6.16. The van der Waals surface area contributed by atoms with Crippen molar-refractivity contribution in [1.29, 1.82) is 0 Å². The van der Waals surface area contributed by atoms with Crippen molar-refractivity contribution in [2.45, 2.75) is 19.5 Å². The standard InChI is InChI=1S/C15H18ClN3/c1-11(17)12-7-8-15(18-9-12)19(2)10-13-5-3-4-6-14(13)16/h3-9,11H,10,17H2,1-2H3/t11-/m1/s1. The summed E-state index contributed by atoms with van der Waals surface area (Å²) in [6.45, 7) is 2.67. The zero-order valence-electron chi connectivity index (χ0n) is 11.2. The summed E-state index contributed by atoms with van der Waals surface area (Å²) in [5, 5.41) is 0.779. The van der Waals surface area contributed by atoms with Crippen LogP contribution in [0.15, 0.2) is 42.6 Å². The lowest BCUT2D eigenvalue weighted by atomic mass is 10.1. The van der Waals surface area contributed by atoms with Gasteiger partial charge in [0.2, 0.25) is 0 Å². The number of aromatic nitrogens is 1. The highest BCUT2D eigenvalue weighted by molar-refractivity contribution is 6.31. The van der Waals surface area contributed by atoms with Gasteiger partial charge in [0, 0.05) is 30.9 Å². The van der Waals surface area contributed by atoms with E-state index < -0.39 is 0 Å². The van der Waals surface area contributed by atoms with E-state index in [1.54, 1.807) is 0 Å². The third-order valence-corrected chi connectivity index (χ3v) is 3.42. The van der Waals surface area contributed by atoms with Crippen molar-refractivity contribution in [3.63, 3.8) is 0 Å². The Bertz CT molecular complexity index is 537. The minimum Gasteiger partial charge on any atom is -0.355 e. The SMILES string of the molecule is C[C@@H](N)c1ccc(N(C)Cc2ccccc2Cl)nc1. The van der Waals surface area contributed by atoms with Crippen molar-refractivity contribution in [2.24, 2.45) is 5.73 Å². The molecular weight excluding hydrogens is 258 g/mol. The zero-order valence-corrected chi connectivity index (χ0v) is 11.9. The van der Waals surface area contributed by atoms with Gasteiger partial charge in [-0.3, -0.25) is 0 Å². The van der Waals surface area contributed by atoms with Crippen LogP contribution in [0.3, 0.4) is 0 Å². The average molecular weight is 276 g/mol. The fourth-order valence-electron chi connectivity index (χ4n) is 1.86. The number of pyridine rings is 1. The molecule has 1 aromatic heterocycles. The number of nitrogens with two attached hydrogens (primary N) is 1. The van der Waals surface area contributed by atoms with Gasteiger partial charge in [0.15, 0.2) is 0 Å². The van der Waals surface area contributed by atoms with Crippen LogP contribution in [0.5, 0.6) is 0 Å². The van der Waals surface area contributed by atoms with E-state index >= 15 is 0 Å². The number of rotatable bonds is 4. The molecular formula is C15H18ClN3. The van der Waals surface area contributed by atoms with Gasteiger partial charge in [0.05, 0.1) is 0 Å². The molecule has 1 aromatic carbocycles. The summed E-state index contributed by atoms with van der Waals surface area (Å²) in [5.74, 6) is 0.907. The van der Waals surface area contributed by atoms with Crippen molar-refractivity contribution in [3.05, 3.63) is 58.7 Å². The van der Waals surface area contributed by atoms with Gasteiger partial charge in [-0.25, -0.2) is 4.98 Å². The van der Waals surface area contributed by atoms with Gasteiger partial charge in [-0.1, -0.05) is 35.9 Å². The molecule has 0 aliphatic heterocycles. The van der Waals surface area contributed by atoms with Crippen LogP contribution in [0.4, 0.5) is 5.82 Å². The molecule has 19 heavy (non-hydrogen) atoms. The third kappa shape index (κ3) is 3.46. The second-order valence-corrected chi connectivity index (χ2v) is 5.09. The molecule has 2 rings (SSSR count). The van der Waals surface area contributed by atoms with Crippen LogP contribution in [0.25, 0.3) is 0 Å². The van der Waals surface area contributed by atoms with Crippen LogP contribution in [0, 0.1) is 0 Å². The lowest BCUT2D eigenvalue weighted by molar-refractivity contribution is 0.807. The van der Waals surface area contributed by atoms with E-state index in [4.69, 9.17) is 17.3 Å². The maximum atomic E-state index is 6.16. The first kappa shape index (κ1) is 13.8. The summed E-state index contributed by atoms with van der Waals surface area (Å²) in [6.07, 6.45) is 1.82. The third-order valence-electron chi connectivity index (χ3n) is 3.05. The van der Waals surface area contributed by atoms with E-state index in [-0.39, 0.29) is 6.04 Å². The van der Waals surface area contributed by atoms with Crippen LogP contribution >= 0.6 is 11.6 Å². The minimum absolute atomic E-state index is 0.00965. The van der Waals surface area contributed by atoms with E-state index in [1.807, 2.05) is 56.6 Å². The molecule has 0 aliphatic carbocycles. The Kier molecular flexibility index (Phi) is 4.40. The lowest BCUT2D eigenvalue weighted by Gasteiger charge is -2.19. The first-order valence-electron chi connectivity index (χ1n) is 6.24. The van der Waals surface area contributed by atoms with Gasteiger partial charge >= 0.3 is 0 Å². The largest absolute Gasteiger partial charge is 0.355 e. The fourth-order valence-corrected chi connectivity index (χ4v) is 2.05. The van der Waals surface area contributed by atoms with Gasteiger partial charge in [0.1, 0.15) is 5.82 Å². The predicted molar refractivity (Wildman–Crippen MR) is 80.4 cm³/mol. The molecule has 0 saturated heterocycles. The molecule has 0 radical (unpaired) electrons. The Labute approximate surface area is 119 Å². The van der Waals surface area contributed by atoms with Crippen LogP contribution in [-0.4, -0.2) is 12.0 Å². The van der Waals surface area contributed by atoms with Crippen LogP contribution in [-0.2, 0) is 6.54 Å². The number of hydrogen-bond donors (Lipinski definition) is 1. The number of benzene rings is 1. The summed E-state index contributed by atoms with van der Waals surface area (Å²) in [7, 11) is 2.00. The van der Waals surface area contributed by atoms with E-state index in [2.05, 4.69) is 9.88 Å². The molecule has 100 valence electrons. The summed E-state index contributed by atoms with van der Waals surface area (Å²) in [4.78, 5) is 6.49. The van der Waals surface area contributed by atoms with Crippen molar-refractivity contribution in [3.8, 4) is 0 Å². The predicted octanol–water partition coefficient (Wildman–Crippen LogP) is 3.39. The maximum absolute atomic E-state index is 6.16. The van der Waals surface area contributed by atoms with Crippen molar-refractivity contribution >= 4 is 17.4 Å². The molecule has 0 spiro atoms. The molecule has 3 nitrogen and oxygen atoms in total. The molecule has 1 heterocycles. The van der Waals surface area contributed by atoms with E-state index in [1.165, 1.54) is 0 Å². The molecule has 0 aliphatic rings. The van der Waals surface area contributed by atoms with Crippen LogP contribution in [0.1, 0.15) is 24.1 Å². The Morgan fingerprint density at radius 2 is 2.00 bits per heavy atom. The number of nitrogens with zero attached hydrogens (tertiary/aromatic N) is 2. The molecule has 0 fully saturated rings. The second kappa shape index (κ2) is 6.04. The van der Waals surface area contributed by atoms with Crippen LogP contribution in [0.2, 0.25) is 5.02 Å². The second-order valence-electron chi connectivity index (χ2n) is 4.69. The van der Waals surface area contributed by atoms with E-state index in [0.717, 1.165) is 28.5 Å². The number of anilines is 1. The van der Waals surface area contributed by atoms with Crippen molar-refractivity contribution in [1.82, 2.24) is 4.98 Å². The molecule has 2 N–H and O–H groups in total. The normalized spacial score (nSPS) is 12.2. The molecule has 0 amide bonds. The maximum Gasteiger partial charge on any atom is 0.128 e. The van der Waals surface area contributed by atoms with Gasteiger partial charge in [-0.05, 0) is 30.2 Å². The highest BCUT2D eigenvalue weighted by Crippen LogP contribution is 2.20. The van der Waals surface area contributed by atoms with Crippen LogP contribution < -0.4 is 10.6 Å². The first-order chi connectivity index (χ1) is 9.08. The van der Waals surface area contributed by atoms with Gasteiger partial charge < -0.3 is 10.6 Å². The molecule has 0 unspecified atom stereocenters. The van der Waals surface area contributed by atoms with Gasteiger partial charge in [-0.15, -0.1) is 0 Å². The summed E-state index contributed by atoms with van der Waals surface area (Å²) < 4.78 is 0. The smallest absolute Gasteiger partial charge is 0.128 e. The monoisotopic (exact) mass is 275 g/mol.